The molecule has 0 atom stereocenters. The molecule has 1 aliphatic heterocycles. The molecule has 1 fully saturated rings. The Morgan fingerprint density at radius 2 is 2.04 bits per heavy atom. The Morgan fingerprint density at radius 1 is 1.26 bits per heavy atom. The molecule has 0 saturated carbocycles. The second kappa shape index (κ2) is 7.17. The van der Waals surface area contributed by atoms with Gasteiger partial charge in [-0.15, -0.1) is 0 Å². The van der Waals surface area contributed by atoms with Gasteiger partial charge >= 0.3 is 0 Å². The van der Waals surface area contributed by atoms with Crippen LogP contribution in [0.1, 0.15) is 26.7 Å². The second-order valence-electron chi connectivity index (χ2n) is 5.82. The number of nitrogens with zero attached hydrogens (tertiary/aromatic N) is 3. The van der Waals surface area contributed by atoms with Crippen molar-refractivity contribution in [2.45, 2.75) is 26.7 Å². The zero-order valence-electron chi connectivity index (χ0n) is 13.8. The van der Waals surface area contributed by atoms with E-state index in [2.05, 4.69) is 40.3 Å². The first-order chi connectivity index (χ1) is 11.2. The number of carbonyl (C=O) groups excluding carboxylic acids is 1. The van der Waals surface area contributed by atoms with Crippen LogP contribution in [0.5, 0.6) is 0 Å². The van der Waals surface area contributed by atoms with Crippen LogP contribution >= 0.6 is 11.3 Å². The number of hydrogen-bond donors (Lipinski definition) is 1. The molecule has 1 N–H and O–H groups in total. The van der Waals surface area contributed by atoms with Crippen molar-refractivity contribution in [2.24, 2.45) is 0 Å². The first-order valence-electron chi connectivity index (χ1n) is 8.38. The molecule has 1 saturated heterocycles. The summed E-state index contributed by atoms with van der Waals surface area (Å²) in [6.45, 7) is 8.47. The van der Waals surface area contributed by atoms with Crippen LogP contribution in [0.3, 0.4) is 0 Å². The number of piperazine rings is 1. The van der Waals surface area contributed by atoms with Gasteiger partial charge in [0.05, 0.1) is 10.2 Å². The number of nitrogens with one attached hydrogen (secondary N) is 1. The summed E-state index contributed by atoms with van der Waals surface area (Å²) in [6.07, 6.45) is 1.70. The van der Waals surface area contributed by atoms with Crippen LogP contribution in [0.4, 0.5) is 10.8 Å². The van der Waals surface area contributed by atoms with Gasteiger partial charge in [0.15, 0.2) is 5.13 Å². The summed E-state index contributed by atoms with van der Waals surface area (Å²) in [5, 5.41) is 4.35. The number of fused-ring (bicyclic) bond motifs is 1. The molecule has 2 aromatic rings. The normalized spacial score (nSPS) is 15.2. The molecule has 1 aromatic heterocycles. The predicted molar refractivity (Wildman–Crippen MR) is 97.5 cm³/mol. The third-order valence-electron chi connectivity index (χ3n) is 4.20. The Kier molecular flexibility index (Phi) is 5.00. The lowest BCUT2D eigenvalue weighted by Crippen LogP contribution is -2.48. The molecule has 2 heterocycles. The molecule has 124 valence electrons. The topological polar surface area (TPSA) is 48.5 Å². The highest BCUT2D eigenvalue weighted by Crippen LogP contribution is 2.30. The Labute approximate surface area is 141 Å². The SMILES string of the molecule is CCCNc1nc2ccc(N3CCN(C(=O)CC)CC3)cc2s1. The van der Waals surface area contributed by atoms with E-state index in [0.29, 0.717) is 6.42 Å². The number of hydrogen-bond acceptors (Lipinski definition) is 5. The highest BCUT2D eigenvalue weighted by molar-refractivity contribution is 7.22. The molecule has 0 unspecified atom stereocenters. The Morgan fingerprint density at radius 3 is 2.74 bits per heavy atom. The minimum Gasteiger partial charge on any atom is -0.368 e. The van der Waals surface area contributed by atoms with Crippen molar-refractivity contribution in [1.29, 1.82) is 0 Å². The van der Waals surface area contributed by atoms with E-state index < -0.39 is 0 Å². The number of carbonyl (C=O) groups is 1. The van der Waals surface area contributed by atoms with Crippen LogP contribution < -0.4 is 10.2 Å². The van der Waals surface area contributed by atoms with Gasteiger partial charge in [0, 0.05) is 44.8 Å². The van der Waals surface area contributed by atoms with E-state index in [1.165, 1.54) is 10.4 Å². The summed E-state index contributed by atoms with van der Waals surface area (Å²) < 4.78 is 1.22. The fourth-order valence-electron chi connectivity index (χ4n) is 2.86. The summed E-state index contributed by atoms with van der Waals surface area (Å²) in [7, 11) is 0. The van der Waals surface area contributed by atoms with Gasteiger partial charge in [-0.2, -0.15) is 0 Å². The molecule has 0 aliphatic carbocycles. The summed E-state index contributed by atoms with van der Waals surface area (Å²) in [5.74, 6) is 0.259. The van der Waals surface area contributed by atoms with Gasteiger partial charge in [-0.1, -0.05) is 25.2 Å². The highest BCUT2D eigenvalue weighted by Gasteiger charge is 2.20. The predicted octanol–water partition coefficient (Wildman–Crippen LogP) is 3.18. The Hall–Kier alpha value is -1.82. The molecule has 3 rings (SSSR count). The van der Waals surface area contributed by atoms with Gasteiger partial charge in [0.25, 0.3) is 0 Å². The second-order valence-corrected chi connectivity index (χ2v) is 6.85. The van der Waals surface area contributed by atoms with Crippen LogP contribution in [0, 0.1) is 0 Å². The smallest absolute Gasteiger partial charge is 0.222 e. The number of amides is 1. The van der Waals surface area contributed by atoms with Crippen molar-refractivity contribution in [3.63, 3.8) is 0 Å². The van der Waals surface area contributed by atoms with Crippen molar-refractivity contribution >= 4 is 38.3 Å². The number of benzene rings is 1. The average Bonchev–Trinajstić information content (AvgIpc) is 3.01. The quantitative estimate of drug-likeness (QED) is 0.913. The van der Waals surface area contributed by atoms with Crippen LogP contribution in [0.15, 0.2) is 18.2 Å². The first kappa shape index (κ1) is 16.1. The van der Waals surface area contributed by atoms with Gasteiger partial charge in [-0.3, -0.25) is 4.79 Å². The lowest BCUT2D eigenvalue weighted by molar-refractivity contribution is -0.131. The van der Waals surface area contributed by atoms with E-state index in [1.807, 2.05) is 11.8 Å². The van der Waals surface area contributed by atoms with Gasteiger partial charge in [-0.05, 0) is 24.6 Å². The van der Waals surface area contributed by atoms with Crippen LogP contribution in [0.25, 0.3) is 10.2 Å². The lowest BCUT2D eigenvalue weighted by Gasteiger charge is -2.36. The molecule has 0 bridgehead atoms. The first-order valence-corrected chi connectivity index (χ1v) is 9.20. The standard InChI is InChI=1S/C17H24N4OS/c1-3-7-18-17-19-14-6-5-13(12-15(14)23-17)20-8-10-21(11-9-20)16(22)4-2/h5-6,12H,3-4,7-11H2,1-2H3,(H,18,19). The third-order valence-corrected chi connectivity index (χ3v) is 5.17. The number of aromatic nitrogens is 1. The minimum atomic E-state index is 0.259. The van der Waals surface area contributed by atoms with Crippen LogP contribution in [-0.4, -0.2) is 48.5 Å². The summed E-state index contributed by atoms with van der Waals surface area (Å²) >= 11 is 1.71. The number of thiazole rings is 1. The van der Waals surface area contributed by atoms with Crippen molar-refractivity contribution in [2.75, 3.05) is 42.9 Å². The molecule has 0 spiro atoms. The van der Waals surface area contributed by atoms with Gasteiger partial charge < -0.3 is 15.1 Å². The van der Waals surface area contributed by atoms with Crippen molar-refractivity contribution in [3.05, 3.63) is 18.2 Å². The van der Waals surface area contributed by atoms with E-state index in [1.54, 1.807) is 11.3 Å². The van der Waals surface area contributed by atoms with E-state index in [4.69, 9.17) is 0 Å². The maximum atomic E-state index is 11.8. The maximum Gasteiger partial charge on any atom is 0.222 e. The molecule has 23 heavy (non-hydrogen) atoms. The molecular formula is C17H24N4OS. The monoisotopic (exact) mass is 332 g/mol. The van der Waals surface area contributed by atoms with Crippen molar-refractivity contribution in [3.8, 4) is 0 Å². The number of anilines is 2. The molecule has 1 aromatic carbocycles. The summed E-state index contributed by atoms with van der Waals surface area (Å²) in [4.78, 5) is 20.7. The summed E-state index contributed by atoms with van der Waals surface area (Å²) in [5.41, 5.74) is 2.28. The zero-order chi connectivity index (χ0) is 16.2. The summed E-state index contributed by atoms with van der Waals surface area (Å²) in [6, 6.07) is 6.46. The Balaban J connectivity index is 1.70. The molecule has 1 amide bonds. The number of rotatable bonds is 5. The van der Waals surface area contributed by atoms with Crippen LogP contribution in [-0.2, 0) is 4.79 Å². The highest BCUT2D eigenvalue weighted by atomic mass is 32.1. The van der Waals surface area contributed by atoms with Gasteiger partial charge in [0.2, 0.25) is 5.91 Å². The third kappa shape index (κ3) is 3.58. The minimum absolute atomic E-state index is 0.259. The van der Waals surface area contributed by atoms with E-state index in [0.717, 1.165) is 49.8 Å². The molecule has 6 heteroatoms. The largest absolute Gasteiger partial charge is 0.368 e. The van der Waals surface area contributed by atoms with Crippen molar-refractivity contribution < 1.29 is 4.79 Å². The molecule has 0 radical (unpaired) electrons. The van der Waals surface area contributed by atoms with E-state index >= 15 is 0 Å². The lowest BCUT2D eigenvalue weighted by atomic mass is 10.2. The van der Waals surface area contributed by atoms with Crippen LogP contribution in [0.2, 0.25) is 0 Å². The maximum absolute atomic E-state index is 11.8. The average molecular weight is 332 g/mol. The molecule has 1 aliphatic rings. The van der Waals surface area contributed by atoms with Crippen molar-refractivity contribution in [1.82, 2.24) is 9.88 Å². The Bertz CT molecular complexity index is 676. The van der Waals surface area contributed by atoms with E-state index in [9.17, 15) is 4.79 Å². The zero-order valence-corrected chi connectivity index (χ0v) is 14.7. The fraction of sp³-hybridized carbons (Fsp3) is 0.529. The molecule has 5 nitrogen and oxygen atoms in total. The van der Waals surface area contributed by atoms with E-state index in [-0.39, 0.29) is 5.91 Å². The molecular weight excluding hydrogens is 308 g/mol. The van der Waals surface area contributed by atoms with Gasteiger partial charge in [-0.25, -0.2) is 4.98 Å². The fourth-order valence-corrected chi connectivity index (χ4v) is 3.78. The van der Waals surface area contributed by atoms with Gasteiger partial charge in [0.1, 0.15) is 0 Å².